The minimum absolute atomic E-state index is 0.148. The Bertz CT molecular complexity index is 1450. The summed E-state index contributed by atoms with van der Waals surface area (Å²) in [6.45, 7) is 4.86. The van der Waals surface area contributed by atoms with Crippen molar-refractivity contribution in [1.82, 2.24) is 26.2 Å². The molecule has 14 nitrogen and oxygen atoms in total. The van der Waals surface area contributed by atoms with Crippen molar-refractivity contribution in [3.8, 4) is 0 Å². The number of nitrogens with two attached hydrogens (primary N) is 1. The molecule has 0 bridgehead atoms. The van der Waals surface area contributed by atoms with E-state index in [0.29, 0.717) is 24.8 Å². The van der Waals surface area contributed by atoms with Crippen molar-refractivity contribution >= 4 is 41.4 Å². The lowest BCUT2D eigenvalue weighted by molar-refractivity contribution is -0.143. The van der Waals surface area contributed by atoms with E-state index in [9.17, 15) is 33.6 Å². The first-order valence-electron chi connectivity index (χ1n) is 17.0. The van der Waals surface area contributed by atoms with E-state index in [0.717, 1.165) is 37.7 Å². The lowest BCUT2D eigenvalue weighted by atomic mass is 9.93. The summed E-state index contributed by atoms with van der Waals surface area (Å²) in [6.07, 6.45) is 7.25. The zero-order valence-electron chi connectivity index (χ0n) is 28.4. The maximum atomic E-state index is 14.0. The molecule has 1 heterocycles. The van der Waals surface area contributed by atoms with Gasteiger partial charge in [0.15, 0.2) is 0 Å². The summed E-state index contributed by atoms with van der Waals surface area (Å²) < 4.78 is 5.43. The molecule has 1 aliphatic heterocycles. The van der Waals surface area contributed by atoms with Crippen molar-refractivity contribution in [3.05, 3.63) is 47.5 Å². The van der Waals surface area contributed by atoms with Gasteiger partial charge in [-0.05, 0) is 82.8 Å². The van der Waals surface area contributed by atoms with Crippen molar-refractivity contribution < 1.29 is 38.3 Å². The summed E-state index contributed by atoms with van der Waals surface area (Å²) in [5.41, 5.74) is 5.90. The first kappa shape index (κ1) is 37.1. The third-order valence-electron chi connectivity index (χ3n) is 8.70. The Morgan fingerprint density at radius 3 is 2.24 bits per heavy atom. The highest BCUT2D eigenvalue weighted by Gasteiger charge is 2.42. The number of nitrogens with zero attached hydrogens (tertiary/aromatic N) is 1. The zero-order chi connectivity index (χ0) is 35.7. The second-order valence-corrected chi connectivity index (χ2v) is 13.9. The van der Waals surface area contributed by atoms with E-state index in [-0.39, 0.29) is 18.9 Å². The van der Waals surface area contributed by atoms with E-state index >= 15 is 0 Å². The molecule has 1 aromatic rings. The van der Waals surface area contributed by atoms with Gasteiger partial charge in [0.2, 0.25) is 29.4 Å². The number of carbonyl (C=O) groups is 7. The third-order valence-corrected chi connectivity index (χ3v) is 8.70. The molecule has 1 saturated carbocycles. The first-order chi connectivity index (χ1) is 23.2. The molecular formula is C35H48N6O8. The highest BCUT2D eigenvalue weighted by Crippen LogP contribution is 2.34. The first-order valence-corrected chi connectivity index (χ1v) is 17.0. The average molecular weight is 681 g/mol. The highest BCUT2D eigenvalue weighted by atomic mass is 16.6. The third kappa shape index (κ3) is 10.9. The van der Waals surface area contributed by atoms with Crippen LogP contribution < -0.4 is 27.0 Å². The van der Waals surface area contributed by atoms with Crippen molar-refractivity contribution in [3.63, 3.8) is 0 Å². The topological polar surface area (TPSA) is 206 Å². The second kappa shape index (κ2) is 16.6. The van der Waals surface area contributed by atoms with Crippen LogP contribution in [0.25, 0.3) is 0 Å². The molecule has 1 saturated heterocycles. The summed E-state index contributed by atoms with van der Waals surface area (Å²) in [5.74, 6) is -4.38. The molecule has 14 heteroatoms. The van der Waals surface area contributed by atoms with Crippen LogP contribution in [0.3, 0.4) is 0 Å². The van der Waals surface area contributed by atoms with Crippen LogP contribution in [0.4, 0.5) is 4.79 Å². The molecule has 3 aliphatic rings. The Hall–Kier alpha value is -4.75. The monoisotopic (exact) mass is 680 g/mol. The molecule has 6 N–H and O–H groups in total. The van der Waals surface area contributed by atoms with Gasteiger partial charge in [0, 0.05) is 6.54 Å². The molecule has 0 aromatic heterocycles. The number of ketones is 1. The van der Waals surface area contributed by atoms with Gasteiger partial charge in [-0.3, -0.25) is 28.8 Å². The average Bonchev–Trinajstić information content (AvgIpc) is 3.74. The minimum atomic E-state index is -1.17. The molecule has 4 rings (SSSR count). The van der Waals surface area contributed by atoms with E-state index in [1.165, 1.54) is 4.90 Å². The number of likely N-dealkylation sites (tertiary alicyclic amines) is 1. The molecule has 2 aliphatic carbocycles. The SMILES string of the molecule is CC(C)(C)OC(=O)N[C@H](C(=O)N1CCCC1C(=O)NC(CC1CC1)C(=O)C(=O)NCC(=O)N[C@H](C(N)=O)c1ccccc1)C1=CCCCC1. The summed E-state index contributed by atoms with van der Waals surface area (Å²) in [4.78, 5) is 92.6. The molecule has 0 spiro atoms. The molecule has 2 unspecified atom stereocenters. The zero-order valence-corrected chi connectivity index (χ0v) is 28.4. The van der Waals surface area contributed by atoms with Gasteiger partial charge in [0.25, 0.3) is 5.91 Å². The van der Waals surface area contributed by atoms with Crippen LogP contribution >= 0.6 is 0 Å². The van der Waals surface area contributed by atoms with Gasteiger partial charge < -0.3 is 36.6 Å². The van der Waals surface area contributed by atoms with Gasteiger partial charge in [0.05, 0.1) is 12.6 Å². The minimum Gasteiger partial charge on any atom is -0.444 e. The number of carbonyl (C=O) groups excluding carboxylic acids is 7. The number of alkyl carbamates (subject to hydrolysis) is 1. The fraction of sp³-hybridized carbons (Fsp3) is 0.571. The van der Waals surface area contributed by atoms with E-state index in [1.807, 2.05) is 6.08 Å². The number of amides is 6. The smallest absolute Gasteiger partial charge is 0.408 e. The second-order valence-electron chi connectivity index (χ2n) is 13.9. The van der Waals surface area contributed by atoms with Crippen LogP contribution in [0.5, 0.6) is 0 Å². The Balaban J connectivity index is 1.40. The van der Waals surface area contributed by atoms with Gasteiger partial charge in [-0.25, -0.2) is 4.79 Å². The van der Waals surface area contributed by atoms with Gasteiger partial charge in [-0.1, -0.05) is 49.2 Å². The Kier molecular flexibility index (Phi) is 12.5. The van der Waals surface area contributed by atoms with Crippen molar-refractivity contribution in [2.45, 2.75) is 108 Å². The van der Waals surface area contributed by atoms with Crippen LogP contribution in [0.1, 0.15) is 90.2 Å². The summed E-state index contributed by atoms with van der Waals surface area (Å²) in [6, 6.07) is 4.13. The molecule has 49 heavy (non-hydrogen) atoms. The molecule has 0 radical (unpaired) electrons. The molecule has 4 atom stereocenters. The van der Waals surface area contributed by atoms with E-state index in [2.05, 4.69) is 21.3 Å². The molecule has 1 aromatic carbocycles. The number of nitrogens with one attached hydrogen (secondary N) is 4. The fourth-order valence-corrected chi connectivity index (χ4v) is 6.10. The number of ether oxygens (including phenoxy) is 1. The quantitative estimate of drug-likeness (QED) is 0.144. The van der Waals surface area contributed by atoms with Crippen molar-refractivity contribution in [2.24, 2.45) is 11.7 Å². The predicted molar refractivity (Wildman–Crippen MR) is 178 cm³/mol. The van der Waals surface area contributed by atoms with Crippen LogP contribution in [0.2, 0.25) is 0 Å². The van der Waals surface area contributed by atoms with E-state index < -0.39 is 77.7 Å². The predicted octanol–water partition coefficient (Wildman–Crippen LogP) is 1.68. The lowest BCUT2D eigenvalue weighted by Crippen LogP contribution is -2.57. The largest absolute Gasteiger partial charge is 0.444 e. The maximum absolute atomic E-state index is 14.0. The van der Waals surface area contributed by atoms with Crippen LogP contribution in [0, 0.1) is 5.92 Å². The maximum Gasteiger partial charge on any atom is 0.408 e. The normalized spacial score (nSPS) is 19.4. The summed E-state index contributed by atoms with van der Waals surface area (Å²) >= 11 is 0. The number of hydrogen-bond acceptors (Lipinski definition) is 8. The molecule has 266 valence electrons. The number of hydrogen-bond donors (Lipinski definition) is 5. The number of allylic oxidation sites excluding steroid dienone is 1. The number of Topliss-reactive ketones (excluding diaryl/α,β-unsaturated/α-hetero) is 1. The highest BCUT2D eigenvalue weighted by molar-refractivity contribution is 6.38. The van der Waals surface area contributed by atoms with Crippen molar-refractivity contribution in [1.29, 1.82) is 0 Å². The van der Waals surface area contributed by atoms with Crippen molar-refractivity contribution in [2.75, 3.05) is 13.1 Å². The standard InChI is InChI=1S/C35H48N6O8/c1-35(2,3)49-34(48)40-28(23-13-8-5-9-14-23)33(47)41-18-10-15-25(41)31(45)38-24(19-21-16-17-21)29(43)32(46)37-20-26(42)39-27(30(36)44)22-11-6-4-7-12-22/h4,6-7,11-13,21,24-25,27-28H,5,8-10,14-20H2,1-3H3,(H2,36,44)(H,37,46)(H,38,45)(H,39,42)(H,40,48)/t24?,25?,27-,28-/m0/s1. The molecule has 6 amide bonds. The summed E-state index contributed by atoms with van der Waals surface area (Å²) in [7, 11) is 0. The lowest BCUT2D eigenvalue weighted by Gasteiger charge is -2.32. The summed E-state index contributed by atoms with van der Waals surface area (Å²) in [5, 5.41) is 10.2. The molecule has 2 fully saturated rings. The van der Waals surface area contributed by atoms with Gasteiger partial charge in [0.1, 0.15) is 23.7 Å². The number of rotatable bonds is 14. The molecular weight excluding hydrogens is 632 g/mol. The number of primary amides is 1. The van der Waals surface area contributed by atoms with Crippen LogP contribution in [0.15, 0.2) is 42.0 Å². The van der Waals surface area contributed by atoms with Gasteiger partial charge in [-0.15, -0.1) is 0 Å². The Morgan fingerprint density at radius 1 is 0.918 bits per heavy atom. The van der Waals surface area contributed by atoms with E-state index in [4.69, 9.17) is 10.5 Å². The van der Waals surface area contributed by atoms with Crippen LogP contribution in [-0.2, 0) is 33.5 Å². The van der Waals surface area contributed by atoms with Gasteiger partial charge >= 0.3 is 6.09 Å². The Labute approximate surface area is 286 Å². The van der Waals surface area contributed by atoms with E-state index in [1.54, 1.807) is 51.1 Å². The van der Waals surface area contributed by atoms with Crippen LogP contribution in [-0.4, -0.2) is 83.1 Å². The van der Waals surface area contributed by atoms with Gasteiger partial charge in [-0.2, -0.15) is 0 Å². The Morgan fingerprint density at radius 2 is 1.63 bits per heavy atom. The fourth-order valence-electron chi connectivity index (χ4n) is 6.10. The number of benzene rings is 1.